The molecule has 1 saturated heterocycles. The van der Waals surface area contributed by atoms with Crippen LogP contribution in [0.4, 0.5) is 11.4 Å². The van der Waals surface area contributed by atoms with E-state index in [9.17, 15) is 4.79 Å². The predicted octanol–water partition coefficient (Wildman–Crippen LogP) is 3.55. The lowest BCUT2D eigenvalue weighted by molar-refractivity contribution is -0.130. The van der Waals surface area contributed by atoms with Crippen molar-refractivity contribution in [3.05, 3.63) is 46.4 Å². The minimum atomic E-state index is 0.117. The number of rotatable bonds is 4. The van der Waals surface area contributed by atoms with Crippen molar-refractivity contribution in [2.75, 3.05) is 62.8 Å². The lowest BCUT2D eigenvalue weighted by Crippen LogP contribution is -2.52. The van der Waals surface area contributed by atoms with Gasteiger partial charge in [-0.05, 0) is 30.3 Å². The summed E-state index contributed by atoms with van der Waals surface area (Å²) < 4.78 is 11.0. The van der Waals surface area contributed by atoms with Crippen molar-refractivity contribution in [1.82, 2.24) is 4.90 Å². The van der Waals surface area contributed by atoms with Gasteiger partial charge in [0.15, 0.2) is 0 Å². The smallest absolute Gasteiger partial charge is 0.242 e. The third-order valence-corrected chi connectivity index (χ3v) is 5.89. The van der Waals surface area contributed by atoms with Gasteiger partial charge in [-0.1, -0.05) is 23.2 Å². The largest absolute Gasteiger partial charge is 0.495 e. The molecule has 2 heterocycles. The molecule has 0 N–H and O–H groups in total. The standard InChI is InChI=1S/C21H23Cl2N3O3/c1-28-20-13-16(3-4-17(20)23)24-6-8-25(9-7-24)21(27)14-26-10-11-29-19-5-2-15(22)12-18(19)26/h2-5,12-13H,6-11,14H2,1H3. The summed E-state index contributed by atoms with van der Waals surface area (Å²) in [7, 11) is 1.61. The van der Waals surface area contributed by atoms with Crippen molar-refractivity contribution in [3.8, 4) is 11.5 Å². The molecule has 0 radical (unpaired) electrons. The van der Waals surface area contributed by atoms with E-state index in [1.165, 1.54) is 0 Å². The molecule has 0 saturated carbocycles. The number of carbonyl (C=O) groups is 1. The molecule has 2 aromatic rings. The maximum atomic E-state index is 12.9. The van der Waals surface area contributed by atoms with Crippen molar-refractivity contribution in [3.63, 3.8) is 0 Å². The Morgan fingerprint density at radius 1 is 1.07 bits per heavy atom. The third kappa shape index (κ3) is 4.33. The lowest BCUT2D eigenvalue weighted by Gasteiger charge is -2.38. The highest BCUT2D eigenvalue weighted by molar-refractivity contribution is 6.32. The fourth-order valence-corrected chi connectivity index (χ4v) is 4.09. The number of carbonyl (C=O) groups excluding carboxylic acids is 1. The molecule has 0 aromatic heterocycles. The Bertz CT molecular complexity index is 901. The zero-order valence-corrected chi connectivity index (χ0v) is 17.7. The number of ether oxygens (including phenoxy) is 2. The summed E-state index contributed by atoms with van der Waals surface area (Å²) in [5.74, 6) is 1.55. The van der Waals surface area contributed by atoms with Gasteiger partial charge in [-0.15, -0.1) is 0 Å². The normalized spacial score (nSPS) is 16.3. The predicted molar refractivity (Wildman–Crippen MR) is 116 cm³/mol. The molecule has 154 valence electrons. The number of methoxy groups -OCH3 is 1. The molecule has 29 heavy (non-hydrogen) atoms. The minimum Gasteiger partial charge on any atom is -0.495 e. The Labute approximate surface area is 180 Å². The number of piperazine rings is 1. The summed E-state index contributed by atoms with van der Waals surface area (Å²) in [6, 6.07) is 11.3. The van der Waals surface area contributed by atoms with E-state index in [0.717, 1.165) is 30.2 Å². The Morgan fingerprint density at radius 3 is 2.62 bits per heavy atom. The van der Waals surface area contributed by atoms with Gasteiger partial charge in [0.1, 0.15) is 18.1 Å². The van der Waals surface area contributed by atoms with E-state index >= 15 is 0 Å². The van der Waals surface area contributed by atoms with Crippen LogP contribution in [-0.4, -0.2) is 63.8 Å². The van der Waals surface area contributed by atoms with E-state index in [0.29, 0.717) is 48.6 Å². The molecule has 1 fully saturated rings. The van der Waals surface area contributed by atoms with Crippen molar-refractivity contribution in [2.24, 2.45) is 0 Å². The molecule has 2 aliphatic heterocycles. The Balaban J connectivity index is 1.37. The fourth-order valence-electron chi connectivity index (χ4n) is 3.73. The van der Waals surface area contributed by atoms with Gasteiger partial charge in [0.25, 0.3) is 0 Å². The SMILES string of the molecule is COc1cc(N2CCN(C(=O)CN3CCOc4ccc(Cl)cc43)CC2)ccc1Cl. The third-order valence-electron chi connectivity index (χ3n) is 5.34. The zero-order chi connectivity index (χ0) is 20.4. The number of nitrogens with zero attached hydrogens (tertiary/aromatic N) is 3. The Morgan fingerprint density at radius 2 is 1.86 bits per heavy atom. The van der Waals surface area contributed by atoms with Gasteiger partial charge in [0, 0.05) is 43.0 Å². The molecule has 8 heteroatoms. The van der Waals surface area contributed by atoms with E-state index in [1.807, 2.05) is 40.1 Å². The number of benzene rings is 2. The average Bonchev–Trinajstić information content (AvgIpc) is 2.74. The van der Waals surface area contributed by atoms with Crippen LogP contribution in [0.5, 0.6) is 11.5 Å². The molecule has 2 aromatic carbocycles. The number of amides is 1. The first-order valence-electron chi connectivity index (χ1n) is 9.59. The number of fused-ring (bicyclic) bond motifs is 1. The van der Waals surface area contributed by atoms with Crippen LogP contribution in [0, 0.1) is 0 Å². The van der Waals surface area contributed by atoms with E-state index in [2.05, 4.69) is 4.90 Å². The second-order valence-electron chi connectivity index (χ2n) is 7.07. The van der Waals surface area contributed by atoms with Gasteiger partial charge in [-0.3, -0.25) is 4.79 Å². The summed E-state index contributed by atoms with van der Waals surface area (Å²) in [5, 5.41) is 1.23. The van der Waals surface area contributed by atoms with Crippen molar-refractivity contribution < 1.29 is 14.3 Å². The van der Waals surface area contributed by atoms with Crippen molar-refractivity contribution in [2.45, 2.75) is 0 Å². The van der Waals surface area contributed by atoms with Crippen LogP contribution in [0.15, 0.2) is 36.4 Å². The quantitative estimate of drug-likeness (QED) is 0.734. The van der Waals surface area contributed by atoms with Crippen LogP contribution in [0.1, 0.15) is 0 Å². The second-order valence-corrected chi connectivity index (χ2v) is 7.91. The molecule has 0 spiro atoms. The first-order valence-corrected chi connectivity index (χ1v) is 10.3. The van der Waals surface area contributed by atoms with Gasteiger partial charge in [0.2, 0.25) is 5.91 Å². The van der Waals surface area contributed by atoms with Gasteiger partial charge < -0.3 is 24.2 Å². The van der Waals surface area contributed by atoms with Crippen LogP contribution in [0.25, 0.3) is 0 Å². The van der Waals surface area contributed by atoms with Crippen molar-refractivity contribution in [1.29, 1.82) is 0 Å². The van der Waals surface area contributed by atoms with E-state index in [-0.39, 0.29) is 5.91 Å². The minimum absolute atomic E-state index is 0.117. The van der Waals surface area contributed by atoms with E-state index in [1.54, 1.807) is 13.2 Å². The maximum absolute atomic E-state index is 12.9. The summed E-state index contributed by atoms with van der Waals surface area (Å²) in [5.41, 5.74) is 1.93. The zero-order valence-electron chi connectivity index (χ0n) is 16.2. The second kappa shape index (κ2) is 8.59. The average molecular weight is 436 g/mol. The molecular weight excluding hydrogens is 413 g/mol. The van der Waals surface area contributed by atoms with E-state index in [4.69, 9.17) is 32.7 Å². The number of hydrogen-bond donors (Lipinski definition) is 0. The van der Waals surface area contributed by atoms with Crippen LogP contribution >= 0.6 is 23.2 Å². The van der Waals surface area contributed by atoms with Gasteiger partial charge in [-0.25, -0.2) is 0 Å². The molecule has 6 nitrogen and oxygen atoms in total. The number of hydrogen-bond acceptors (Lipinski definition) is 5. The highest BCUT2D eigenvalue weighted by atomic mass is 35.5. The maximum Gasteiger partial charge on any atom is 0.242 e. The van der Waals surface area contributed by atoms with Crippen LogP contribution in [-0.2, 0) is 4.79 Å². The molecule has 0 unspecified atom stereocenters. The summed E-state index contributed by atoms with van der Waals surface area (Å²) in [4.78, 5) is 19.1. The fraction of sp³-hybridized carbons (Fsp3) is 0.381. The van der Waals surface area contributed by atoms with Gasteiger partial charge >= 0.3 is 0 Å². The van der Waals surface area contributed by atoms with Crippen LogP contribution in [0.2, 0.25) is 10.0 Å². The highest BCUT2D eigenvalue weighted by Gasteiger charge is 2.26. The van der Waals surface area contributed by atoms with Gasteiger partial charge in [0.05, 0.1) is 30.9 Å². The molecule has 0 bridgehead atoms. The topological polar surface area (TPSA) is 45.2 Å². The van der Waals surface area contributed by atoms with Gasteiger partial charge in [-0.2, -0.15) is 0 Å². The van der Waals surface area contributed by atoms with Crippen LogP contribution in [0.3, 0.4) is 0 Å². The number of anilines is 2. The van der Waals surface area contributed by atoms with E-state index < -0.39 is 0 Å². The molecule has 0 atom stereocenters. The molecule has 1 amide bonds. The highest BCUT2D eigenvalue weighted by Crippen LogP contribution is 2.34. The van der Waals surface area contributed by atoms with Crippen molar-refractivity contribution >= 4 is 40.5 Å². The summed E-state index contributed by atoms with van der Waals surface area (Å²) in [6.07, 6.45) is 0. The summed E-state index contributed by atoms with van der Waals surface area (Å²) >= 11 is 12.3. The monoisotopic (exact) mass is 435 g/mol. The lowest BCUT2D eigenvalue weighted by atomic mass is 10.2. The molecular formula is C21H23Cl2N3O3. The molecule has 0 aliphatic carbocycles. The summed E-state index contributed by atoms with van der Waals surface area (Å²) in [6.45, 7) is 4.44. The van der Waals surface area contributed by atoms with Crippen LogP contribution < -0.4 is 19.3 Å². The Hall–Kier alpha value is -2.31. The first kappa shape index (κ1) is 20.0. The molecule has 2 aliphatic rings. The number of halogens is 2. The molecule has 4 rings (SSSR count). The first-order chi connectivity index (χ1) is 14.0. The Kier molecular flexibility index (Phi) is 5.92.